The van der Waals surface area contributed by atoms with E-state index in [0.29, 0.717) is 22.5 Å². The second-order valence-corrected chi connectivity index (χ2v) is 18.8. The Hall–Kier alpha value is -4.71. The number of phosphoric ester groups is 1. The molecule has 3 fully saturated rings. The normalized spacial score (nSPS) is 30.7. The van der Waals surface area contributed by atoms with Crippen molar-refractivity contribution in [3.05, 3.63) is 111 Å². The van der Waals surface area contributed by atoms with Gasteiger partial charge in [0.15, 0.2) is 36.3 Å². The highest BCUT2D eigenvalue weighted by Crippen LogP contribution is 2.65. The molecule has 10 atom stereocenters. The monoisotopic (exact) mass is 896 g/mol. The lowest BCUT2D eigenvalue weighted by Crippen LogP contribution is -2.37. The topological polar surface area (TPSA) is 300 Å². The van der Waals surface area contributed by atoms with E-state index in [-0.39, 0.29) is 34.6 Å². The highest BCUT2D eigenvalue weighted by atomic mass is 32.7. The molecule has 7 N–H and O–H groups in total. The first kappa shape index (κ1) is 43.4. The molecule has 60 heavy (non-hydrogen) atoms. The van der Waals surface area contributed by atoms with Crippen molar-refractivity contribution in [3.8, 4) is 5.75 Å². The van der Waals surface area contributed by atoms with Crippen LogP contribution in [0.3, 0.4) is 0 Å². The number of alkyl halides is 2. The maximum atomic E-state index is 16.3. The van der Waals surface area contributed by atoms with Gasteiger partial charge in [-0.3, -0.25) is 32.5 Å². The lowest BCUT2D eigenvalue weighted by atomic mass is 10.1. The number of benzene rings is 2. The number of nitrogen functional groups attached to an aromatic ring is 1. The minimum atomic E-state index is -5.51. The van der Waals surface area contributed by atoms with Crippen LogP contribution in [0.1, 0.15) is 33.9 Å². The number of anilines is 1. The zero-order valence-electron chi connectivity index (χ0n) is 31.3. The molecule has 0 aliphatic carbocycles. The fourth-order valence-electron chi connectivity index (χ4n) is 6.45. The fraction of sp³-hybridized carbons (Fsp3) is 0.353. The molecule has 0 radical (unpaired) electrons. The average Bonchev–Trinajstić information content (AvgIpc) is 3.86. The molecular weight excluding hydrogens is 860 g/mol. The molecule has 3 saturated heterocycles. The third-order valence-electron chi connectivity index (χ3n) is 9.42. The summed E-state index contributed by atoms with van der Waals surface area (Å²) in [5.41, 5.74) is 5.96. The van der Waals surface area contributed by atoms with Crippen molar-refractivity contribution in [1.29, 1.82) is 0 Å². The van der Waals surface area contributed by atoms with E-state index in [0.717, 1.165) is 39.6 Å². The van der Waals surface area contributed by atoms with Crippen molar-refractivity contribution in [2.75, 3.05) is 18.9 Å². The Labute approximate surface area is 341 Å². The van der Waals surface area contributed by atoms with Crippen LogP contribution in [-0.4, -0.2) is 85.0 Å². The number of aryl methyl sites for hydroxylation is 1. The standard InChI is InChI=1S/C34H33F2N7O13P2S.H3N/c1-17-2-6-19(7-3-17)33(45)52-20-8-4-18(5-9-20)14-59-58(49)51-13-22-27(25(36)31(54-22)43-16-40-26-29(37)38-15-39-30(26)43)55-57(47,48)50-12-21-24(35)28(56-58)32(53-21)42-11-10-23(44)41-34(42)46;/h2-11,15-16,21-22,24-25,27-28,31-32H,12-14H2,1H3,(H,47,48)(H2,37,38,39)(H,41,44,46);1H3/t21-,22-,24-,25-,27-,28-,31-,32-,58?;/m1./s1. The van der Waals surface area contributed by atoms with Gasteiger partial charge in [-0.15, -0.1) is 0 Å². The van der Waals surface area contributed by atoms with Crippen LogP contribution in [0.2, 0.25) is 0 Å². The van der Waals surface area contributed by atoms with Crippen molar-refractivity contribution >= 4 is 49.0 Å². The molecule has 0 saturated carbocycles. The number of nitrogens with zero attached hydrogens (tertiary/aromatic N) is 5. The van der Waals surface area contributed by atoms with Crippen molar-refractivity contribution < 1.29 is 59.9 Å². The number of hydrogen-bond donors (Lipinski definition) is 3. The predicted molar refractivity (Wildman–Crippen MR) is 205 cm³/mol. The number of ether oxygens (including phenoxy) is 3. The molecule has 3 aliphatic heterocycles. The number of carbonyl (C=O) groups is 1. The number of aromatic amines is 1. The largest absolute Gasteiger partial charge is 0.756 e. The van der Waals surface area contributed by atoms with Crippen molar-refractivity contribution in [2.45, 2.75) is 61.9 Å². The Kier molecular flexibility index (Phi) is 12.5. The first-order valence-electron chi connectivity index (χ1n) is 17.6. The Morgan fingerprint density at radius 2 is 1.65 bits per heavy atom. The van der Waals surface area contributed by atoms with Gasteiger partial charge in [-0.25, -0.2) is 37.9 Å². The molecule has 0 amide bonds. The third-order valence-corrected chi connectivity index (χ3v) is 14.0. The summed E-state index contributed by atoms with van der Waals surface area (Å²) in [6.07, 6.45) is -12.1. The molecule has 2 bridgehead atoms. The van der Waals surface area contributed by atoms with Gasteiger partial charge in [0, 0.05) is 18.0 Å². The summed E-state index contributed by atoms with van der Waals surface area (Å²) >= 11 is 0.559. The van der Waals surface area contributed by atoms with E-state index in [9.17, 15) is 28.4 Å². The Morgan fingerprint density at radius 3 is 2.38 bits per heavy atom. The van der Waals surface area contributed by atoms with E-state index in [1.54, 1.807) is 36.4 Å². The van der Waals surface area contributed by atoms with Gasteiger partial charge in [0.1, 0.15) is 42.0 Å². The maximum Gasteiger partial charge on any atom is 0.390 e. The Bertz CT molecular complexity index is 2590. The smallest absolute Gasteiger partial charge is 0.390 e. The predicted octanol–water partition coefficient (Wildman–Crippen LogP) is 3.66. The van der Waals surface area contributed by atoms with E-state index in [1.165, 1.54) is 12.1 Å². The molecule has 5 aromatic rings. The van der Waals surface area contributed by atoms with Gasteiger partial charge < -0.3 is 40.0 Å². The van der Waals surface area contributed by atoms with Gasteiger partial charge in [0.25, 0.3) is 13.4 Å². The number of nitrogens with two attached hydrogens (primary N) is 1. The second-order valence-electron chi connectivity index (χ2n) is 13.4. The number of quaternary nitrogens is 1. The SMILES string of the molecule is Cc1ccc(C(=O)Oc2ccc(CSP3(=O)OC[C@H]4O[C@@H](n5cnc6c(N)ncnc65)[C@H](F)[C@@H]4OP(=O)([O-])OC[C@H]4O[C@@H](n5ccc(=O)[nH]c5=O)[C@H](O3)[C@@H]4F)cc2)cc1.[NH4+]. The van der Waals surface area contributed by atoms with Crippen LogP contribution in [0.5, 0.6) is 5.75 Å². The van der Waals surface area contributed by atoms with Gasteiger partial charge in [0.2, 0.25) is 0 Å². The molecule has 3 aromatic heterocycles. The number of imidazole rings is 1. The number of halogens is 2. The van der Waals surface area contributed by atoms with Crippen LogP contribution >= 0.6 is 26.0 Å². The third kappa shape index (κ3) is 8.99. The molecule has 2 unspecified atom stereocenters. The summed E-state index contributed by atoms with van der Waals surface area (Å²) < 4.78 is 101. The van der Waals surface area contributed by atoms with Gasteiger partial charge >= 0.3 is 18.5 Å². The molecule has 26 heteroatoms. The molecule has 0 spiro atoms. The first-order chi connectivity index (χ1) is 28.2. The van der Waals surface area contributed by atoms with Gasteiger partial charge in [0.05, 0.1) is 25.1 Å². The van der Waals surface area contributed by atoms with Crippen molar-refractivity contribution in [1.82, 2.24) is 35.2 Å². The maximum absolute atomic E-state index is 16.3. The van der Waals surface area contributed by atoms with Crippen molar-refractivity contribution in [2.24, 2.45) is 0 Å². The van der Waals surface area contributed by atoms with Gasteiger partial charge in [-0.05, 0) is 48.1 Å². The van der Waals surface area contributed by atoms with Crippen LogP contribution in [0.15, 0.2) is 83.0 Å². The Balaban J connectivity index is 0.00000544. The molecule has 6 heterocycles. The van der Waals surface area contributed by atoms with Crippen LogP contribution < -0.4 is 32.8 Å². The van der Waals surface area contributed by atoms with E-state index in [2.05, 4.69) is 15.0 Å². The molecule has 8 rings (SSSR count). The number of phosphoric acid groups is 1. The summed E-state index contributed by atoms with van der Waals surface area (Å²) in [6, 6.07) is 13.8. The zero-order valence-corrected chi connectivity index (χ0v) is 34.0. The van der Waals surface area contributed by atoms with Crippen LogP contribution in [0, 0.1) is 6.92 Å². The minimum absolute atomic E-state index is 0. The Morgan fingerprint density at radius 1 is 0.933 bits per heavy atom. The molecule has 21 nitrogen and oxygen atoms in total. The summed E-state index contributed by atoms with van der Waals surface area (Å²) in [7, 11) is -5.51. The molecule has 320 valence electrons. The molecular formula is C34H36F2N8O13P2S. The van der Waals surface area contributed by atoms with E-state index < -0.39 is 94.3 Å². The summed E-state index contributed by atoms with van der Waals surface area (Å²) in [6.45, 7) is -4.74. The lowest BCUT2D eigenvalue weighted by molar-refractivity contribution is -0.235. The summed E-state index contributed by atoms with van der Waals surface area (Å²) in [5.74, 6) is -0.559. The second kappa shape index (κ2) is 17.3. The number of nitrogens with one attached hydrogen (secondary N) is 1. The van der Waals surface area contributed by atoms with Crippen LogP contribution in [0.4, 0.5) is 14.6 Å². The van der Waals surface area contributed by atoms with E-state index in [4.69, 9.17) is 38.0 Å². The lowest BCUT2D eigenvalue weighted by Gasteiger charge is -2.30. The summed E-state index contributed by atoms with van der Waals surface area (Å²) in [4.78, 5) is 64.5. The number of H-pyrrole nitrogens is 1. The molecule has 3 aliphatic rings. The highest BCUT2D eigenvalue weighted by Gasteiger charge is 2.54. The number of esters is 1. The number of hydrogen-bond acceptors (Lipinski definition) is 18. The number of aromatic nitrogens is 6. The minimum Gasteiger partial charge on any atom is -0.756 e. The number of rotatable bonds is 7. The average molecular weight is 897 g/mol. The van der Waals surface area contributed by atoms with Crippen LogP contribution in [-0.2, 0) is 42.5 Å². The highest BCUT2D eigenvalue weighted by molar-refractivity contribution is 8.54. The fourth-order valence-corrected chi connectivity index (χ4v) is 10.7. The van der Waals surface area contributed by atoms with Crippen LogP contribution in [0.25, 0.3) is 11.2 Å². The number of carbonyl (C=O) groups excluding carboxylic acids is 1. The van der Waals surface area contributed by atoms with Gasteiger partial charge in [-0.1, -0.05) is 29.8 Å². The van der Waals surface area contributed by atoms with Gasteiger partial charge in [-0.2, -0.15) is 0 Å². The van der Waals surface area contributed by atoms with E-state index >= 15 is 8.78 Å². The van der Waals surface area contributed by atoms with E-state index in [1.807, 2.05) is 11.9 Å². The van der Waals surface area contributed by atoms with Crippen molar-refractivity contribution in [3.63, 3.8) is 0 Å². The summed E-state index contributed by atoms with van der Waals surface area (Å²) in [5, 5.41) is 0. The number of fused-ring (bicyclic) bond motifs is 4. The first-order valence-corrected chi connectivity index (χ1v) is 22.2. The quantitative estimate of drug-likeness (QED) is 0.119. The zero-order chi connectivity index (χ0) is 41.6. The molecule has 2 aromatic carbocycles.